The van der Waals surface area contributed by atoms with Crippen LogP contribution < -0.4 is 0 Å². The van der Waals surface area contributed by atoms with Crippen LogP contribution in [-0.4, -0.2) is 24.7 Å². The fourth-order valence-electron chi connectivity index (χ4n) is 0.923. The molecule has 12 heavy (non-hydrogen) atoms. The molecule has 0 spiro atoms. The zero-order valence-corrected chi connectivity index (χ0v) is 7.08. The standard InChI is InChI=1S/C6H6ClN5/c1-12-3-2-8-5(12)4-9-6(7)11-10-4/h2-3H,1H3,(H,9,10,11). The number of aryl methyl sites for hydroxylation is 1. The molecule has 62 valence electrons. The number of nitrogens with one attached hydrogen (secondary N) is 1. The number of rotatable bonds is 1. The van der Waals surface area contributed by atoms with Crippen molar-refractivity contribution >= 4 is 11.6 Å². The van der Waals surface area contributed by atoms with Gasteiger partial charge in [0.1, 0.15) is 0 Å². The molecule has 0 fully saturated rings. The maximum Gasteiger partial charge on any atom is 0.218 e. The number of hydrogen-bond acceptors (Lipinski definition) is 3. The van der Waals surface area contributed by atoms with E-state index in [4.69, 9.17) is 11.6 Å². The molecule has 0 aliphatic carbocycles. The van der Waals surface area contributed by atoms with Crippen LogP contribution in [0.1, 0.15) is 0 Å². The molecule has 0 aliphatic rings. The second kappa shape index (κ2) is 2.60. The van der Waals surface area contributed by atoms with E-state index in [9.17, 15) is 0 Å². The van der Waals surface area contributed by atoms with Gasteiger partial charge in [0.05, 0.1) is 0 Å². The Labute approximate surface area is 73.4 Å². The van der Waals surface area contributed by atoms with Gasteiger partial charge in [0.15, 0.2) is 5.82 Å². The lowest BCUT2D eigenvalue weighted by molar-refractivity contribution is 0.907. The monoisotopic (exact) mass is 183 g/mol. The van der Waals surface area contributed by atoms with Gasteiger partial charge in [-0.3, -0.25) is 0 Å². The summed E-state index contributed by atoms with van der Waals surface area (Å²) >= 11 is 5.56. The molecule has 5 nitrogen and oxygen atoms in total. The maximum atomic E-state index is 5.56. The summed E-state index contributed by atoms with van der Waals surface area (Å²) in [6, 6.07) is 0. The third kappa shape index (κ3) is 1.08. The van der Waals surface area contributed by atoms with Crippen molar-refractivity contribution in [2.75, 3.05) is 0 Å². The number of halogens is 1. The summed E-state index contributed by atoms with van der Waals surface area (Å²) in [6.07, 6.45) is 3.50. The highest BCUT2D eigenvalue weighted by Gasteiger charge is 2.07. The summed E-state index contributed by atoms with van der Waals surface area (Å²) in [5.41, 5.74) is 0. The molecular formula is C6H6ClN5. The highest BCUT2D eigenvalue weighted by molar-refractivity contribution is 6.28. The summed E-state index contributed by atoms with van der Waals surface area (Å²) < 4.78 is 1.82. The van der Waals surface area contributed by atoms with E-state index in [2.05, 4.69) is 20.2 Å². The third-order valence-corrected chi connectivity index (χ3v) is 1.65. The van der Waals surface area contributed by atoms with Crippen LogP contribution in [0.15, 0.2) is 12.4 Å². The molecule has 0 amide bonds. The quantitative estimate of drug-likeness (QED) is 0.714. The Balaban J connectivity index is 2.50. The zero-order chi connectivity index (χ0) is 8.55. The van der Waals surface area contributed by atoms with Crippen molar-refractivity contribution in [1.82, 2.24) is 24.7 Å². The van der Waals surface area contributed by atoms with E-state index < -0.39 is 0 Å². The fraction of sp³-hybridized carbons (Fsp3) is 0.167. The lowest BCUT2D eigenvalue weighted by Crippen LogP contribution is -1.92. The summed E-state index contributed by atoms with van der Waals surface area (Å²) in [5.74, 6) is 1.20. The van der Waals surface area contributed by atoms with E-state index >= 15 is 0 Å². The van der Waals surface area contributed by atoms with Gasteiger partial charge in [-0.05, 0) is 11.6 Å². The van der Waals surface area contributed by atoms with E-state index in [1.807, 2.05) is 17.8 Å². The SMILES string of the molecule is Cn1ccnc1-c1n[nH]c(Cl)n1. The van der Waals surface area contributed by atoms with E-state index in [0.717, 1.165) is 0 Å². The van der Waals surface area contributed by atoms with E-state index in [1.54, 1.807) is 6.20 Å². The number of hydrogen-bond donors (Lipinski definition) is 1. The van der Waals surface area contributed by atoms with Crippen LogP contribution in [0.2, 0.25) is 5.28 Å². The lowest BCUT2D eigenvalue weighted by atomic mass is 10.6. The second-order valence-corrected chi connectivity index (χ2v) is 2.67. The molecule has 0 saturated carbocycles. The predicted molar refractivity (Wildman–Crippen MR) is 43.6 cm³/mol. The Bertz CT molecular complexity index is 390. The summed E-state index contributed by atoms with van der Waals surface area (Å²) in [4.78, 5) is 7.99. The minimum atomic E-state index is 0.271. The Kier molecular flexibility index (Phi) is 1.58. The topological polar surface area (TPSA) is 59.4 Å². The van der Waals surface area contributed by atoms with E-state index in [-0.39, 0.29) is 5.28 Å². The van der Waals surface area contributed by atoms with Gasteiger partial charge >= 0.3 is 0 Å². The minimum absolute atomic E-state index is 0.271. The lowest BCUT2D eigenvalue weighted by Gasteiger charge is -1.92. The molecule has 6 heteroatoms. The predicted octanol–water partition coefficient (Wildman–Crippen LogP) is 0.859. The molecule has 0 atom stereocenters. The highest BCUT2D eigenvalue weighted by Crippen LogP contribution is 2.11. The molecule has 0 aromatic carbocycles. The maximum absolute atomic E-state index is 5.56. The molecule has 2 heterocycles. The smallest absolute Gasteiger partial charge is 0.218 e. The van der Waals surface area contributed by atoms with E-state index in [1.165, 1.54) is 0 Å². The highest BCUT2D eigenvalue weighted by atomic mass is 35.5. The van der Waals surface area contributed by atoms with Gasteiger partial charge in [0.25, 0.3) is 0 Å². The van der Waals surface area contributed by atoms with Gasteiger partial charge in [-0.15, -0.1) is 5.10 Å². The molecule has 2 rings (SSSR count). The largest absolute Gasteiger partial charge is 0.331 e. The van der Waals surface area contributed by atoms with Crippen LogP contribution in [0, 0.1) is 0 Å². The van der Waals surface area contributed by atoms with E-state index in [0.29, 0.717) is 11.6 Å². The first-order chi connectivity index (χ1) is 5.77. The van der Waals surface area contributed by atoms with Crippen molar-refractivity contribution < 1.29 is 0 Å². The van der Waals surface area contributed by atoms with Gasteiger partial charge in [-0.1, -0.05) is 0 Å². The minimum Gasteiger partial charge on any atom is -0.331 e. The normalized spacial score (nSPS) is 10.5. The van der Waals surface area contributed by atoms with Gasteiger partial charge in [0.2, 0.25) is 11.1 Å². The van der Waals surface area contributed by atoms with Gasteiger partial charge in [0, 0.05) is 19.4 Å². The molecule has 2 aromatic heterocycles. The average molecular weight is 184 g/mol. The van der Waals surface area contributed by atoms with Gasteiger partial charge < -0.3 is 4.57 Å². The van der Waals surface area contributed by atoms with Crippen LogP contribution in [0.3, 0.4) is 0 Å². The van der Waals surface area contributed by atoms with Gasteiger partial charge in [-0.2, -0.15) is 4.98 Å². The van der Waals surface area contributed by atoms with Crippen molar-refractivity contribution in [3.8, 4) is 11.6 Å². The zero-order valence-electron chi connectivity index (χ0n) is 6.32. The van der Waals surface area contributed by atoms with Crippen LogP contribution in [0.5, 0.6) is 0 Å². The number of imidazole rings is 1. The van der Waals surface area contributed by atoms with Crippen molar-refractivity contribution in [1.29, 1.82) is 0 Å². The van der Waals surface area contributed by atoms with Crippen LogP contribution in [-0.2, 0) is 7.05 Å². The molecule has 0 bridgehead atoms. The Hall–Kier alpha value is -1.36. The van der Waals surface area contributed by atoms with Crippen LogP contribution in [0.25, 0.3) is 11.6 Å². The molecule has 1 N–H and O–H groups in total. The first-order valence-corrected chi connectivity index (χ1v) is 3.71. The fourth-order valence-corrected chi connectivity index (χ4v) is 1.05. The third-order valence-electron chi connectivity index (χ3n) is 1.48. The molecule has 2 aromatic rings. The summed E-state index contributed by atoms with van der Waals surface area (Å²) in [7, 11) is 1.87. The van der Waals surface area contributed by atoms with Crippen LogP contribution >= 0.6 is 11.6 Å². The molecule has 0 aliphatic heterocycles. The second-order valence-electron chi connectivity index (χ2n) is 2.31. The molecule has 0 radical (unpaired) electrons. The molecule has 0 unspecified atom stereocenters. The van der Waals surface area contributed by atoms with Crippen LogP contribution in [0.4, 0.5) is 0 Å². The Morgan fingerprint density at radius 2 is 2.42 bits per heavy atom. The van der Waals surface area contributed by atoms with Crippen molar-refractivity contribution in [3.63, 3.8) is 0 Å². The number of nitrogens with zero attached hydrogens (tertiary/aromatic N) is 4. The van der Waals surface area contributed by atoms with Crippen molar-refractivity contribution in [3.05, 3.63) is 17.7 Å². The number of aromatic amines is 1. The average Bonchev–Trinajstić information content (AvgIpc) is 2.58. The Morgan fingerprint density at radius 3 is 2.92 bits per heavy atom. The van der Waals surface area contributed by atoms with Crippen molar-refractivity contribution in [2.45, 2.75) is 0 Å². The number of H-pyrrole nitrogens is 1. The summed E-state index contributed by atoms with van der Waals surface area (Å²) in [6.45, 7) is 0. The first-order valence-electron chi connectivity index (χ1n) is 3.33. The first kappa shape index (κ1) is 7.30. The summed E-state index contributed by atoms with van der Waals surface area (Å²) in [5, 5.41) is 6.67. The Morgan fingerprint density at radius 1 is 1.58 bits per heavy atom. The van der Waals surface area contributed by atoms with Gasteiger partial charge in [-0.25, -0.2) is 10.1 Å². The number of aromatic nitrogens is 5. The molecule has 0 saturated heterocycles. The van der Waals surface area contributed by atoms with Crippen molar-refractivity contribution in [2.24, 2.45) is 7.05 Å². The molecular weight excluding hydrogens is 178 g/mol.